The van der Waals surface area contributed by atoms with Crippen molar-refractivity contribution in [3.63, 3.8) is 0 Å². The van der Waals surface area contributed by atoms with E-state index in [0.29, 0.717) is 22.9 Å². The first kappa shape index (κ1) is 17.8. The Kier molecular flexibility index (Phi) is 5.46. The third kappa shape index (κ3) is 4.17. The fraction of sp³-hybridized carbons (Fsp3) is 0.368. The van der Waals surface area contributed by atoms with Crippen LogP contribution in [0.3, 0.4) is 0 Å². The van der Waals surface area contributed by atoms with Gasteiger partial charge in [0.05, 0.1) is 12.7 Å². The van der Waals surface area contributed by atoms with Gasteiger partial charge in [-0.2, -0.15) is 0 Å². The van der Waals surface area contributed by atoms with Crippen molar-refractivity contribution in [3.05, 3.63) is 47.3 Å². The van der Waals surface area contributed by atoms with Gasteiger partial charge in [-0.15, -0.1) is 0 Å². The molecule has 0 unspecified atom stereocenters. The Morgan fingerprint density at radius 3 is 2.42 bits per heavy atom. The molecule has 1 saturated heterocycles. The Labute approximate surface area is 152 Å². The van der Waals surface area contributed by atoms with Crippen molar-refractivity contribution in [2.24, 2.45) is 0 Å². The summed E-state index contributed by atoms with van der Waals surface area (Å²) in [5.41, 5.74) is 2.09. The highest BCUT2D eigenvalue weighted by Crippen LogP contribution is 2.18. The standard InChI is InChI=1S/C19H22N4O3/c1-13-12-16(22-19(20-13)23-10-4-3-5-11-23)17(24)21-15-8-6-14(7-9-15)18(25)26-2/h6-9,12H,3-5,10-11H2,1-2H3,(H,21,24). The topological polar surface area (TPSA) is 84.4 Å². The Balaban J connectivity index is 1.75. The number of hydrogen-bond acceptors (Lipinski definition) is 6. The van der Waals surface area contributed by atoms with Crippen LogP contribution in [0, 0.1) is 6.92 Å². The number of carbonyl (C=O) groups excluding carboxylic acids is 2. The molecule has 0 atom stereocenters. The minimum absolute atomic E-state index is 0.306. The summed E-state index contributed by atoms with van der Waals surface area (Å²) in [5.74, 6) is -0.115. The molecular weight excluding hydrogens is 332 g/mol. The second kappa shape index (κ2) is 7.95. The number of rotatable bonds is 4. The predicted octanol–water partition coefficient (Wildman–Crippen LogP) is 2.81. The van der Waals surface area contributed by atoms with Gasteiger partial charge in [0.2, 0.25) is 5.95 Å². The molecule has 1 amide bonds. The third-order valence-corrected chi connectivity index (χ3v) is 4.28. The van der Waals surface area contributed by atoms with E-state index in [2.05, 4.69) is 24.9 Å². The van der Waals surface area contributed by atoms with Gasteiger partial charge in [-0.05, 0) is 56.5 Å². The second-order valence-corrected chi connectivity index (χ2v) is 6.27. The molecule has 1 aliphatic heterocycles. The Bertz CT molecular complexity index is 799. The number of nitrogens with zero attached hydrogens (tertiary/aromatic N) is 3. The van der Waals surface area contributed by atoms with Crippen molar-refractivity contribution < 1.29 is 14.3 Å². The summed E-state index contributed by atoms with van der Waals surface area (Å²) in [5, 5.41) is 2.80. The van der Waals surface area contributed by atoms with Crippen molar-refractivity contribution >= 4 is 23.5 Å². The molecule has 2 aromatic rings. The van der Waals surface area contributed by atoms with Gasteiger partial charge in [0, 0.05) is 24.5 Å². The number of ether oxygens (including phenoxy) is 1. The van der Waals surface area contributed by atoms with E-state index in [1.165, 1.54) is 13.5 Å². The van der Waals surface area contributed by atoms with E-state index in [1.54, 1.807) is 30.3 Å². The van der Waals surface area contributed by atoms with E-state index in [1.807, 2.05) is 6.92 Å². The lowest BCUT2D eigenvalue weighted by atomic mass is 10.1. The zero-order chi connectivity index (χ0) is 18.5. The fourth-order valence-corrected chi connectivity index (χ4v) is 2.91. The molecule has 7 nitrogen and oxygen atoms in total. The molecule has 0 saturated carbocycles. The lowest BCUT2D eigenvalue weighted by molar-refractivity contribution is 0.0600. The molecule has 26 heavy (non-hydrogen) atoms. The van der Waals surface area contributed by atoms with E-state index in [9.17, 15) is 9.59 Å². The lowest BCUT2D eigenvalue weighted by Gasteiger charge is -2.27. The van der Waals surface area contributed by atoms with Crippen LogP contribution in [0.1, 0.15) is 45.8 Å². The average Bonchev–Trinajstić information content (AvgIpc) is 2.68. The molecule has 1 N–H and O–H groups in total. The van der Waals surface area contributed by atoms with E-state index in [4.69, 9.17) is 0 Å². The maximum Gasteiger partial charge on any atom is 0.337 e. The number of aromatic nitrogens is 2. The maximum absolute atomic E-state index is 12.6. The SMILES string of the molecule is COC(=O)c1ccc(NC(=O)c2cc(C)nc(N3CCCCC3)n2)cc1. The number of esters is 1. The number of methoxy groups -OCH3 is 1. The molecular formula is C19H22N4O3. The molecule has 1 aromatic heterocycles. The zero-order valence-corrected chi connectivity index (χ0v) is 15.0. The summed E-state index contributed by atoms with van der Waals surface area (Å²) in [7, 11) is 1.33. The van der Waals surface area contributed by atoms with Crippen molar-refractivity contribution in [1.82, 2.24) is 9.97 Å². The number of anilines is 2. The molecule has 1 aliphatic rings. The van der Waals surface area contributed by atoms with E-state index >= 15 is 0 Å². The first-order chi connectivity index (χ1) is 12.6. The van der Waals surface area contributed by atoms with Gasteiger partial charge in [0.1, 0.15) is 5.69 Å². The van der Waals surface area contributed by atoms with Crippen LogP contribution in [0.2, 0.25) is 0 Å². The number of carbonyl (C=O) groups is 2. The second-order valence-electron chi connectivity index (χ2n) is 6.27. The molecule has 0 spiro atoms. The molecule has 0 aliphatic carbocycles. The summed E-state index contributed by atoms with van der Waals surface area (Å²) in [6.07, 6.45) is 3.45. The minimum atomic E-state index is -0.416. The first-order valence-electron chi connectivity index (χ1n) is 8.67. The summed E-state index contributed by atoms with van der Waals surface area (Å²) in [6, 6.07) is 8.19. The largest absolute Gasteiger partial charge is 0.465 e. The van der Waals surface area contributed by atoms with Gasteiger partial charge in [0.15, 0.2) is 0 Å². The predicted molar refractivity (Wildman–Crippen MR) is 98.6 cm³/mol. The normalized spacial score (nSPS) is 14.0. The molecule has 7 heteroatoms. The molecule has 0 bridgehead atoms. The highest BCUT2D eigenvalue weighted by molar-refractivity contribution is 6.03. The van der Waals surface area contributed by atoms with E-state index in [0.717, 1.165) is 31.6 Å². The summed E-state index contributed by atoms with van der Waals surface area (Å²) < 4.78 is 4.66. The summed E-state index contributed by atoms with van der Waals surface area (Å²) in [4.78, 5) is 35.1. The van der Waals surface area contributed by atoms with Crippen LogP contribution in [0.5, 0.6) is 0 Å². The van der Waals surface area contributed by atoms with Crippen molar-refractivity contribution in [2.45, 2.75) is 26.2 Å². The van der Waals surface area contributed by atoms with Crippen LogP contribution < -0.4 is 10.2 Å². The molecule has 0 radical (unpaired) electrons. The van der Waals surface area contributed by atoms with Crippen LogP contribution >= 0.6 is 0 Å². The quantitative estimate of drug-likeness (QED) is 0.850. The van der Waals surface area contributed by atoms with Crippen LogP contribution in [0.25, 0.3) is 0 Å². The fourth-order valence-electron chi connectivity index (χ4n) is 2.91. The van der Waals surface area contributed by atoms with Gasteiger partial charge in [-0.1, -0.05) is 0 Å². The van der Waals surface area contributed by atoms with Gasteiger partial charge < -0.3 is 15.0 Å². The number of benzene rings is 1. The molecule has 3 rings (SSSR count). The lowest BCUT2D eigenvalue weighted by Crippen LogP contribution is -2.31. The van der Waals surface area contributed by atoms with Crippen LogP contribution in [-0.2, 0) is 4.74 Å². The highest BCUT2D eigenvalue weighted by atomic mass is 16.5. The zero-order valence-electron chi connectivity index (χ0n) is 15.0. The molecule has 2 heterocycles. The number of aryl methyl sites for hydroxylation is 1. The highest BCUT2D eigenvalue weighted by Gasteiger charge is 2.17. The number of hydrogen-bond donors (Lipinski definition) is 1. The van der Waals surface area contributed by atoms with Crippen LogP contribution in [0.15, 0.2) is 30.3 Å². The average molecular weight is 354 g/mol. The number of amides is 1. The van der Waals surface area contributed by atoms with Crippen LogP contribution in [-0.4, -0.2) is 42.0 Å². The number of nitrogens with one attached hydrogen (secondary N) is 1. The minimum Gasteiger partial charge on any atom is -0.465 e. The van der Waals surface area contributed by atoms with Crippen LogP contribution in [0.4, 0.5) is 11.6 Å². The van der Waals surface area contributed by atoms with Crippen molar-refractivity contribution in [1.29, 1.82) is 0 Å². The monoisotopic (exact) mass is 354 g/mol. The van der Waals surface area contributed by atoms with Gasteiger partial charge in [-0.3, -0.25) is 4.79 Å². The third-order valence-electron chi connectivity index (χ3n) is 4.28. The van der Waals surface area contributed by atoms with Crippen molar-refractivity contribution in [3.8, 4) is 0 Å². The van der Waals surface area contributed by atoms with E-state index in [-0.39, 0.29) is 5.91 Å². The Hall–Kier alpha value is -2.96. The smallest absolute Gasteiger partial charge is 0.337 e. The Morgan fingerprint density at radius 1 is 1.08 bits per heavy atom. The van der Waals surface area contributed by atoms with Gasteiger partial charge in [0.25, 0.3) is 5.91 Å². The maximum atomic E-state index is 12.6. The summed E-state index contributed by atoms with van der Waals surface area (Å²) in [6.45, 7) is 3.69. The van der Waals surface area contributed by atoms with Crippen molar-refractivity contribution in [2.75, 3.05) is 30.4 Å². The molecule has 136 valence electrons. The van der Waals surface area contributed by atoms with E-state index < -0.39 is 5.97 Å². The molecule has 1 fully saturated rings. The Morgan fingerprint density at radius 2 is 1.77 bits per heavy atom. The number of piperidine rings is 1. The molecule has 1 aromatic carbocycles. The summed E-state index contributed by atoms with van der Waals surface area (Å²) >= 11 is 0. The first-order valence-corrected chi connectivity index (χ1v) is 8.67. The van der Waals surface area contributed by atoms with Gasteiger partial charge >= 0.3 is 5.97 Å². The van der Waals surface area contributed by atoms with Gasteiger partial charge in [-0.25, -0.2) is 14.8 Å².